The average Bonchev–Trinajstić information content (AvgIpc) is 2.47. The lowest BCUT2D eigenvalue weighted by atomic mass is 10.4. The second-order valence-corrected chi connectivity index (χ2v) is 3.52. The van der Waals surface area contributed by atoms with Gasteiger partial charge in [-0.05, 0) is 27.3 Å². The Labute approximate surface area is 89.1 Å². The summed E-state index contributed by atoms with van der Waals surface area (Å²) in [5, 5.41) is 14.2. The maximum absolute atomic E-state index is 10.4. The van der Waals surface area contributed by atoms with Crippen LogP contribution in [0.3, 0.4) is 0 Å². The SMILES string of the molecule is COCCCn1cc(Br)c([N+](=O)[O-])n1. The lowest BCUT2D eigenvalue weighted by Gasteiger charge is -1.95. The molecule has 0 aromatic carbocycles. The molecule has 0 amide bonds. The summed E-state index contributed by atoms with van der Waals surface area (Å²) in [5.74, 6) is -0.151. The summed E-state index contributed by atoms with van der Waals surface area (Å²) >= 11 is 3.07. The molecule has 7 heteroatoms. The van der Waals surface area contributed by atoms with Gasteiger partial charge in [-0.3, -0.25) is 0 Å². The van der Waals surface area contributed by atoms with Crippen molar-refractivity contribution < 1.29 is 9.66 Å². The van der Waals surface area contributed by atoms with Crippen LogP contribution in [0.4, 0.5) is 5.82 Å². The van der Waals surface area contributed by atoms with Gasteiger partial charge < -0.3 is 14.9 Å². The summed E-state index contributed by atoms with van der Waals surface area (Å²) in [6.45, 7) is 1.23. The molecule has 0 N–H and O–H groups in total. The zero-order valence-corrected chi connectivity index (χ0v) is 9.23. The number of nitrogens with zero attached hydrogens (tertiary/aromatic N) is 3. The van der Waals surface area contributed by atoms with Crippen molar-refractivity contribution in [2.45, 2.75) is 13.0 Å². The van der Waals surface area contributed by atoms with Crippen molar-refractivity contribution in [2.24, 2.45) is 0 Å². The normalized spacial score (nSPS) is 10.4. The Morgan fingerprint density at radius 2 is 2.50 bits per heavy atom. The number of ether oxygens (including phenoxy) is 1. The van der Waals surface area contributed by atoms with Crippen molar-refractivity contribution >= 4 is 21.7 Å². The van der Waals surface area contributed by atoms with Crippen LogP contribution in [0, 0.1) is 10.1 Å². The highest BCUT2D eigenvalue weighted by Crippen LogP contribution is 2.21. The third kappa shape index (κ3) is 2.78. The zero-order valence-electron chi connectivity index (χ0n) is 7.64. The van der Waals surface area contributed by atoms with E-state index in [0.717, 1.165) is 6.42 Å². The van der Waals surface area contributed by atoms with Gasteiger partial charge >= 0.3 is 5.82 Å². The minimum atomic E-state index is -0.517. The van der Waals surface area contributed by atoms with Gasteiger partial charge in [0.2, 0.25) is 0 Å². The largest absolute Gasteiger partial charge is 0.404 e. The van der Waals surface area contributed by atoms with E-state index in [9.17, 15) is 10.1 Å². The molecule has 1 rings (SSSR count). The molecule has 0 aliphatic rings. The molecule has 0 aliphatic heterocycles. The Bertz CT molecular complexity index is 326. The number of aromatic nitrogens is 2. The number of hydrogen-bond acceptors (Lipinski definition) is 4. The van der Waals surface area contributed by atoms with Crippen LogP contribution in [0.15, 0.2) is 10.7 Å². The molecule has 0 saturated heterocycles. The molecule has 1 aromatic heterocycles. The molecule has 0 aliphatic carbocycles. The van der Waals surface area contributed by atoms with Crippen molar-refractivity contribution in [1.29, 1.82) is 0 Å². The summed E-state index contributed by atoms with van der Waals surface area (Å²) in [5.41, 5.74) is 0. The first-order valence-electron chi connectivity index (χ1n) is 4.01. The minimum Gasteiger partial charge on any atom is -0.385 e. The van der Waals surface area contributed by atoms with Crippen LogP contribution >= 0.6 is 15.9 Å². The van der Waals surface area contributed by atoms with E-state index in [2.05, 4.69) is 21.0 Å². The van der Waals surface area contributed by atoms with Crippen LogP contribution in [-0.2, 0) is 11.3 Å². The number of aryl methyl sites for hydroxylation is 1. The molecular weight excluding hydrogens is 254 g/mol. The van der Waals surface area contributed by atoms with E-state index in [1.165, 1.54) is 4.68 Å². The van der Waals surface area contributed by atoms with Gasteiger partial charge in [0, 0.05) is 13.7 Å². The molecule has 0 unspecified atom stereocenters. The van der Waals surface area contributed by atoms with Gasteiger partial charge in [0.25, 0.3) is 0 Å². The van der Waals surface area contributed by atoms with E-state index >= 15 is 0 Å². The first-order chi connectivity index (χ1) is 6.65. The fraction of sp³-hybridized carbons (Fsp3) is 0.571. The molecule has 6 nitrogen and oxygen atoms in total. The Balaban J connectivity index is 2.62. The number of hydrogen-bond donors (Lipinski definition) is 0. The van der Waals surface area contributed by atoms with Crippen LogP contribution < -0.4 is 0 Å². The summed E-state index contributed by atoms with van der Waals surface area (Å²) in [6.07, 6.45) is 2.37. The molecule has 0 bridgehead atoms. The molecule has 0 fully saturated rings. The molecule has 0 saturated carbocycles. The van der Waals surface area contributed by atoms with E-state index in [0.29, 0.717) is 17.6 Å². The number of nitro groups is 1. The van der Waals surface area contributed by atoms with Crippen LogP contribution in [0.1, 0.15) is 6.42 Å². The van der Waals surface area contributed by atoms with E-state index in [4.69, 9.17) is 4.74 Å². The Morgan fingerprint density at radius 1 is 1.79 bits per heavy atom. The van der Waals surface area contributed by atoms with Crippen molar-refractivity contribution in [2.75, 3.05) is 13.7 Å². The van der Waals surface area contributed by atoms with Crippen molar-refractivity contribution in [3.8, 4) is 0 Å². The monoisotopic (exact) mass is 263 g/mol. The zero-order chi connectivity index (χ0) is 10.6. The van der Waals surface area contributed by atoms with E-state index < -0.39 is 4.92 Å². The fourth-order valence-corrected chi connectivity index (χ4v) is 1.46. The quantitative estimate of drug-likeness (QED) is 0.460. The van der Waals surface area contributed by atoms with Gasteiger partial charge in [-0.1, -0.05) is 0 Å². The maximum atomic E-state index is 10.4. The standard InChI is InChI=1S/C7H10BrN3O3/c1-14-4-2-3-10-5-6(8)7(9-10)11(12)13/h5H,2-4H2,1H3. The molecule has 0 atom stereocenters. The van der Waals surface area contributed by atoms with E-state index in [1.54, 1.807) is 13.3 Å². The van der Waals surface area contributed by atoms with Gasteiger partial charge in [-0.2, -0.15) is 4.68 Å². The van der Waals surface area contributed by atoms with Crippen LogP contribution in [-0.4, -0.2) is 28.4 Å². The number of halogens is 1. The summed E-state index contributed by atoms with van der Waals surface area (Å²) in [6, 6.07) is 0. The first-order valence-corrected chi connectivity index (χ1v) is 4.80. The fourth-order valence-electron chi connectivity index (χ4n) is 0.996. The van der Waals surface area contributed by atoms with Gasteiger partial charge in [-0.15, -0.1) is 0 Å². The van der Waals surface area contributed by atoms with Crippen LogP contribution in [0.5, 0.6) is 0 Å². The highest BCUT2D eigenvalue weighted by atomic mass is 79.9. The molecule has 1 heterocycles. The summed E-state index contributed by atoms with van der Waals surface area (Å²) < 4.78 is 6.79. The second kappa shape index (κ2) is 5.06. The third-order valence-electron chi connectivity index (χ3n) is 1.61. The van der Waals surface area contributed by atoms with Gasteiger partial charge in [-0.25, -0.2) is 0 Å². The van der Waals surface area contributed by atoms with Gasteiger partial charge in [0.15, 0.2) is 0 Å². The molecule has 1 aromatic rings. The smallest absolute Gasteiger partial charge is 0.385 e. The first kappa shape index (κ1) is 11.1. The summed E-state index contributed by atoms with van der Waals surface area (Å²) in [4.78, 5) is 9.92. The molecule has 0 radical (unpaired) electrons. The lowest BCUT2D eigenvalue weighted by Crippen LogP contribution is -2.02. The predicted molar refractivity (Wildman–Crippen MR) is 53.1 cm³/mol. The maximum Gasteiger partial charge on any atom is 0.404 e. The topological polar surface area (TPSA) is 70.2 Å². The number of methoxy groups -OCH3 is 1. The number of rotatable bonds is 5. The third-order valence-corrected chi connectivity index (χ3v) is 2.17. The van der Waals surface area contributed by atoms with E-state index in [1.807, 2.05) is 0 Å². The van der Waals surface area contributed by atoms with Crippen molar-refractivity contribution in [3.05, 3.63) is 20.8 Å². The Kier molecular flexibility index (Phi) is 4.02. The molecule has 0 spiro atoms. The van der Waals surface area contributed by atoms with Crippen LogP contribution in [0.2, 0.25) is 0 Å². The molecule has 78 valence electrons. The Hall–Kier alpha value is -0.950. The highest BCUT2D eigenvalue weighted by molar-refractivity contribution is 9.10. The summed E-state index contributed by atoms with van der Waals surface area (Å²) in [7, 11) is 1.61. The second-order valence-electron chi connectivity index (χ2n) is 2.67. The van der Waals surface area contributed by atoms with Gasteiger partial charge in [0.05, 0.1) is 17.8 Å². The average molecular weight is 264 g/mol. The van der Waals surface area contributed by atoms with Gasteiger partial charge in [0.1, 0.15) is 4.47 Å². The Morgan fingerprint density at radius 3 is 3.00 bits per heavy atom. The predicted octanol–water partition coefficient (Wildman–Crippen LogP) is 1.59. The highest BCUT2D eigenvalue weighted by Gasteiger charge is 2.17. The van der Waals surface area contributed by atoms with Crippen LogP contribution in [0.25, 0.3) is 0 Å². The molecular formula is C7H10BrN3O3. The molecule has 14 heavy (non-hydrogen) atoms. The lowest BCUT2D eigenvalue weighted by molar-refractivity contribution is -0.390. The minimum absolute atomic E-state index is 0.151. The van der Waals surface area contributed by atoms with Crippen molar-refractivity contribution in [1.82, 2.24) is 9.78 Å². The van der Waals surface area contributed by atoms with E-state index in [-0.39, 0.29) is 5.82 Å². The van der Waals surface area contributed by atoms with Crippen molar-refractivity contribution in [3.63, 3.8) is 0 Å².